The summed E-state index contributed by atoms with van der Waals surface area (Å²) in [6.07, 6.45) is 2.86. The fourth-order valence-electron chi connectivity index (χ4n) is 1.01. The number of rotatable bonds is 6. The SMILES string of the molecule is C=C(C)[C@H](O)CCC(C)=CCOC(C)=O. The fourth-order valence-corrected chi connectivity index (χ4v) is 1.01. The highest BCUT2D eigenvalue weighted by molar-refractivity contribution is 5.66. The van der Waals surface area contributed by atoms with Crippen LogP contribution in [-0.2, 0) is 9.53 Å². The van der Waals surface area contributed by atoms with Gasteiger partial charge in [0.25, 0.3) is 0 Å². The fraction of sp³-hybridized carbons (Fsp3) is 0.583. The van der Waals surface area contributed by atoms with E-state index in [1.54, 1.807) is 0 Å². The second-order valence-electron chi connectivity index (χ2n) is 3.75. The summed E-state index contributed by atoms with van der Waals surface area (Å²) in [5, 5.41) is 9.48. The molecule has 0 fully saturated rings. The van der Waals surface area contributed by atoms with Crippen molar-refractivity contribution in [3.63, 3.8) is 0 Å². The molecule has 0 heterocycles. The van der Waals surface area contributed by atoms with E-state index in [0.717, 1.165) is 17.6 Å². The van der Waals surface area contributed by atoms with Crippen LogP contribution in [0.2, 0.25) is 0 Å². The summed E-state index contributed by atoms with van der Waals surface area (Å²) >= 11 is 0. The topological polar surface area (TPSA) is 46.5 Å². The molecule has 0 saturated carbocycles. The second-order valence-corrected chi connectivity index (χ2v) is 3.75. The Hall–Kier alpha value is -1.09. The van der Waals surface area contributed by atoms with Gasteiger partial charge in [-0.15, -0.1) is 0 Å². The maximum Gasteiger partial charge on any atom is 0.302 e. The highest BCUT2D eigenvalue weighted by Gasteiger charge is 2.04. The summed E-state index contributed by atoms with van der Waals surface area (Å²) in [6.45, 7) is 9.13. The number of hydrogen-bond acceptors (Lipinski definition) is 3. The average molecular weight is 212 g/mol. The first-order valence-electron chi connectivity index (χ1n) is 5.06. The second kappa shape index (κ2) is 7.23. The number of esters is 1. The molecule has 0 bridgehead atoms. The lowest BCUT2D eigenvalue weighted by Gasteiger charge is -2.09. The number of carbonyl (C=O) groups excluding carboxylic acids is 1. The van der Waals surface area contributed by atoms with Gasteiger partial charge in [0.15, 0.2) is 0 Å². The zero-order valence-electron chi connectivity index (χ0n) is 9.75. The first-order valence-corrected chi connectivity index (χ1v) is 5.06. The monoisotopic (exact) mass is 212 g/mol. The molecule has 1 N–H and O–H groups in total. The van der Waals surface area contributed by atoms with E-state index in [9.17, 15) is 9.90 Å². The van der Waals surface area contributed by atoms with Crippen molar-refractivity contribution in [1.29, 1.82) is 0 Å². The Morgan fingerprint density at radius 3 is 2.53 bits per heavy atom. The van der Waals surface area contributed by atoms with Crippen LogP contribution in [0.5, 0.6) is 0 Å². The van der Waals surface area contributed by atoms with Crippen molar-refractivity contribution in [2.45, 2.75) is 39.7 Å². The summed E-state index contributed by atoms with van der Waals surface area (Å²) in [5.41, 5.74) is 1.89. The molecule has 1 atom stereocenters. The molecule has 0 radical (unpaired) electrons. The molecule has 0 rings (SSSR count). The van der Waals surface area contributed by atoms with E-state index in [0.29, 0.717) is 13.0 Å². The van der Waals surface area contributed by atoms with E-state index < -0.39 is 6.10 Å². The summed E-state index contributed by atoms with van der Waals surface area (Å²) < 4.78 is 4.77. The summed E-state index contributed by atoms with van der Waals surface area (Å²) in [6, 6.07) is 0. The van der Waals surface area contributed by atoms with Gasteiger partial charge >= 0.3 is 5.97 Å². The molecule has 0 aromatic heterocycles. The van der Waals surface area contributed by atoms with E-state index in [4.69, 9.17) is 4.74 Å². The highest BCUT2D eigenvalue weighted by Crippen LogP contribution is 2.11. The van der Waals surface area contributed by atoms with Crippen molar-refractivity contribution in [3.05, 3.63) is 23.8 Å². The van der Waals surface area contributed by atoms with Gasteiger partial charge in [-0.05, 0) is 32.8 Å². The van der Waals surface area contributed by atoms with Gasteiger partial charge in [0.2, 0.25) is 0 Å². The van der Waals surface area contributed by atoms with Crippen LogP contribution in [0.3, 0.4) is 0 Å². The van der Waals surface area contributed by atoms with Gasteiger partial charge in [-0.25, -0.2) is 0 Å². The van der Waals surface area contributed by atoms with Crippen LogP contribution in [0.4, 0.5) is 0 Å². The van der Waals surface area contributed by atoms with Gasteiger partial charge in [-0.1, -0.05) is 17.7 Å². The van der Waals surface area contributed by atoms with E-state index in [-0.39, 0.29) is 5.97 Å². The van der Waals surface area contributed by atoms with Crippen molar-refractivity contribution in [2.24, 2.45) is 0 Å². The number of carbonyl (C=O) groups is 1. The molecule has 86 valence electrons. The molecule has 0 aromatic carbocycles. The first kappa shape index (κ1) is 13.9. The first-order chi connectivity index (χ1) is 6.93. The molecule has 0 aromatic rings. The Balaban J connectivity index is 3.77. The standard InChI is InChI=1S/C12H20O3/c1-9(2)12(14)6-5-10(3)7-8-15-11(4)13/h7,12,14H,1,5-6,8H2,2-4H3/t12-/m1/s1. The number of aliphatic hydroxyl groups is 1. The Morgan fingerprint density at radius 2 is 2.07 bits per heavy atom. The molecule has 0 aliphatic carbocycles. The highest BCUT2D eigenvalue weighted by atomic mass is 16.5. The molecule has 0 aliphatic rings. The average Bonchev–Trinajstić information content (AvgIpc) is 2.13. The maximum absolute atomic E-state index is 10.5. The van der Waals surface area contributed by atoms with Crippen molar-refractivity contribution in [3.8, 4) is 0 Å². The third kappa shape index (κ3) is 7.94. The van der Waals surface area contributed by atoms with Gasteiger partial charge in [0.05, 0.1) is 6.10 Å². The quantitative estimate of drug-likeness (QED) is 0.542. The van der Waals surface area contributed by atoms with Crippen molar-refractivity contribution < 1.29 is 14.6 Å². The lowest BCUT2D eigenvalue weighted by Crippen LogP contribution is -2.07. The molecule has 0 saturated heterocycles. The Kier molecular flexibility index (Phi) is 6.71. The number of ether oxygens (including phenoxy) is 1. The van der Waals surface area contributed by atoms with Gasteiger partial charge in [0.1, 0.15) is 6.61 Å². The van der Waals surface area contributed by atoms with Crippen LogP contribution in [0.25, 0.3) is 0 Å². The molecule has 0 aliphatic heterocycles. The van der Waals surface area contributed by atoms with Gasteiger partial charge in [-0.2, -0.15) is 0 Å². The van der Waals surface area contributed by atoms with Crippen LogP contribution >= 0.6 is 0 Å². The third-order valence-electron chi connectivity index (χ3n) is 2.10. The zero-order valence-corrected chi connectivity index (χ0v) is 9.75. The maximum atomic E-state index is 10.5. The Morgan fingerprint density at radius 1 is 1.47 bits per heavy atom. The van der Waals surface area contributed by atoms with Crippen LogP contribution in [0.1, 0.15) is 33.6 Å². The third-order valence-corrected chi connectivity index (χ3v) is 2.10. The predicted octanol–water partition coefficient (Wildman–Crippen LogP) is 2.21. The van der Waals surface area contributed by atoms with Gasteiger partial charge in [0, 0.05) is 6.92 Å². The van der Waals surface area contributed by atoms with Crippen molar-refractivity contribution >= 4 is 5.97 Å². The summed E-state index contributed by atoms with van der Waals surface area (Å²) in [4.78, 5) is 10.5. The lowest BCUT2D eigenvalue weighted by molar-refractivity contribution is -0.139. The Bertz CT molecular complexity index is 254. The van der Waals surface area contributed by atoms with E-state index in [2.05, 4.69) is 6.58 Å². The molecular weight excluding hydrogens is 192 g/mol. The minimum absolute atomic E-state index is 0.277. The molecule has 0 spiro atoms. The van der Waals surface area contributed by atoms with Crippen molar-refractivity contribution in [2.75, 3.05) is 6.61 Å². The van der Waals surface area contributed by atoms with E-state index >= 15 is 0 Å². The minimum atomic E-state index is -0.443. The summed E-state index contributed by atoms with van der Waals surface area (Å²) in [7, 11) is 0. The number of allylic oxidation sites excluding steroid dienone is 1. The molecule has 3 heteroatoms. The lowest BCUT2D eigenvalue weighted by atomic mass is 10.0. The van der Waals surface area contributed by atoms with E-state index in [1.165, 1.54) is 6.92 Å². The molecule has 0 unspecified atom stereocenters. The normalized spacial score (nSPS) is 13.5. The van der Waals surface area contributed by atoms with Crippen LogP contribution < -0.4 is 0 Å². The molecule has 15 heavy (non-hydrogen) atoms. The van der Waals surface area contributed by atoms with Crippen molar-refractivity contribution in [1.82, 2.24) is 0 Å². The van der Waals surface area contributed by atoms with Crippen LogP contribution in [0, 0.1) is 0 Å². The minimum Gasteiger partial charge on any atom is -0.462 e. The predicted molar refractivity (Wildman–Crippen MR) is 60.4 cm³/mol. The number of hydrogen-bond donors (Lipinski definition) is 1. The van der Waals surface area contributed by atoms with Gasteiger partial charge < -0.3 is 9.84 Å². The van der Waals surface area contributed by atoms with Crippen LogP contribution in [-0.4, -0.2) is 23.8 Å². The summed E-state index contributed by atoms with van der Waals surface area (Å²) in [5.74, 6) is -0.277. The van der Waals surface area contributed by atoms with Gasteiger partial charge in [-0.3, -0.25) is 4.79 Å². The molecular formula is C12H20O3. The number of aliphatic hydroxyl groups excluding tert-OH is 1. The van der Waals surface area contributed by atoms with Crippen LogP contribution in [0.15, 0.2) is 23.8 Å². The Labute approximate surface area is 91.4 Å². The molecule has 0 amide bonds. The zero-order chi connectivity index (χ0) is 11.8. The smallest absolute Gasteiger partial charge is 0.302 e. The molecule has 3 nitrogen and oxygen atoms in total. The van der Waals surface area contributed by atoms with E-state index in [1.807, 2.05) is 19.9 Å². The largest absolute Gasteiger partial charge is 0.462 e.